The van der Waals surface area contributed by atoms with E-state index in [1.54, 1.807) is 6.07 Å². The molecule has 5 heteroatoms. The van der Waals surface area contributed by atoms with E-state index in [1.165, 1.54) is 0 Å². The molecule has 11 heavy (non-hydrogen) atoms. The van der Waals surface area contributed by atoms with Crippen molar-refractivity contribution in [2.24, 2.45) is 0 Å². The van der Waals surface area contributed by atoms with E-state index in [0.29, 0.717) is 0 Å². The van der Waals surface area contributed by atoms with Crippen LogP contribution in [0, 0.1) is 23.5 Å². The zero-order valence-corrected chi connectivity index (χ0v) is 5.41. The van der Waals surface area contributed by atoms with Gasteiger partial charge in [-0.3, -0.25) is 0 Å². The molecule has 4 nitrogen and oxygen atoms in total. The zero-order valence-electron chi connectivity index (χ0n) is 5.41. The predicted molar refractivity (Wildman–Crippen MR) is 31.9 cm³/mol. The summed E-state index contributed by atoms with van der Waals surface area (Å²) in [7, 11) is 0. The van der Waals surface area contributed by atoms with E-state index in [2.05, 4.69) is 21.0 Å². The molecule has 0 amide bonds. The molecule has 0 aliphatic heterocycles. The van der Waals surface area contributed by atoms with Gasteiger partial charge in [-0.15, -0.1) is 0 Å². The van der Waals surface area contributed by atoms with Crippen LogP contribution < -0.4 is 4.74 Å². The number of aromatic nitrogens is 2. The molecule has 0 bridgehead atoms. The number of hydrogen-bond acceptors (Lipinski definition) is 4. The van der Waals surface area contributed by atoms with Crippen LogP contribution >= 0.6 is 0 Å². The second-order valence-corrected chi connectivity index (χ2v) is 1.57. The average molecular weight is 152 g/mol. The molecule has 55 valence electrons. The maximum absolute atomic E-state index is 12.5. The minimum atomic E-state index is -0.695. The predicted octanol–water partition coefficient (Wildman–Crippen LogP) is 0.318. The number of hydrogen-bond donors (Lipinski definition) is 0. The summed E-state index contributed by atoms with van der Waals surface area (Å²) in [6.45, 7) is -0.234. The Morgan fingerprint density at radius 3 is 3.27 bits per heavy atom. The minimum absolute atomic E-state index is 0.234. The molecule has 0 aliphatic carbocycles. The Hall–Kier alpha value is -1.70. The van der Waals surface area contributed by atoms with Gasteiger partial charge in [-0.25, -0.2) is 4.98 Å². The van der Waals surface area contributed by atoms with Crippen molar-refractivity contribution in [3.05, 3.63) is 18.3 Å². The molecule has 1 aromatic heterocycles. The summed E-state index contributed by atoms with van der Waals surface area (Å²) < 4.78 is 17.1. The van der Waals surface area contributed by atoms with Crippen molar-refractivity contribution in [3.63, 3.8) is 0 Å². The van der Waals surface area contributed by atoms with Crippen LogP contribution in [0.3, 0.4) is 0 Å². The molecule has 0 fully saturated rings. The van der Waals surface area contributed by atoms with Crippen LogP contribution in [0.25, 0.3) is 0 Å². The number of rotatable bonds is 2. The van der Waals surface area contributed by atoms with Crippen LogP contribution in [0.4, 0.5) is 4.39 Å². The number of nitriles is 1. The number of ether oxygens (including phenoxy) is 1. The van der Waals surface area contributed by atoms with Crippen LogP contribution in [-0.4, -0.2) is 16.6 Å². The van der Waals surface area contributed by atoms with Crippen LogP contribution in [0.2, 0.25) is 0 Å². The first kappa shape index (κ1) is 7.41. The molecule has 0 atom stereocenters. The Balaban J connectivity index is 2.71. The highest BCUT2D eigenvalue weighted by atomic mass is 19.1. The van der Waals surface area contributed by atoms with Crippen molar-refractivity contribution in [2.75, 3.05) is 6.61 Å². The van der Waals surface area contributed by atoms with Gasteiger partial charge in [0.05, 0.1) is 6.20 Å². The molecule has 0 saturated heterocycles. The highest BCUT2D eigenvalue weighted by Crippen LogP contribution is 2.08. The molecule has 1 aromatic rings. The fourth-order valence-corrected chi connectivity index (χ4v) is 0.470. The molecule has 0 unspecified atom stereocenters. The van der Waals surface area contributed by atoms with Gasteiger partial charge in [-0.05, 0) is 0 Å². The summed E-state index contributed by atoms with van der Waals surface area (Å²) >= 11 is 0. The molecule has 0 spiro atoms. The van der Waals surface area contributed by atoms with Gasteiger partial charge < -0.3 is 4.74 Å². The number of halogens is 1. The van der Waals surface area contributed by atoms with E-state index in [9.17, 15) is 4.39 Å². The summed E-state index contributed by atoms with van der Waals surface area (Å²) in [5.41, 5.74) is 0. The van der Waals surface area contributed by atoms with Crippen LogP contribution in [0.15, 0.2) is 6.20 Å². The minimum Gasteiger partial charge on any atom is -0.460 e. The molecule has 0 saturated carbocycles. The lowest BCUT2D eigenvalue weighted by Crippen LogP contribution is -1.99. The van der Waals surface area contributed by atoms with Gasteiger partial charge in [0.25, 0.3) is 5.88 Å². The van der Waals surface area contributed by atoms with E-state index in [1.807, 2.05) is 0 Å². The van der Waals surface area contributed by atoms with Crippen molar-refractivity contribution in [1.82, 2.24) is 9.97 Å². The van der Waals surface area contributed by atoms with Crippen molar-refractivity contribution in [2.45, 2.75) is 0 Å². The van der Waals surface area contributed by atoms with Gasteiger partial charge in [0.2, 0.25) is 12.1 Å². The lowest BCUT2D eigenvalue weighted by atomic mass is 10.6. The quantitative estimate of drug-likeness (QED) is 0.612. The smallest absolute Gasteiger partial charge is 0.255 e. The van der Waals surface area contributed by atoms with Gasteiger partial charge in [-0.1, -0.05) is 0 Å². The summed E-state index contributed by atoms with van der Waals surface area (Å²) in [5.74, 6) is -0.944. The third-order valence-corrected chi connectivity index (χ3v) is 0.865. The molecule has 0 aliphatic rings. The van der Waals surface area contributed by atoms with E-state index >= 15 is 0 Å². The highest BCUT2D eigenvalue weighted by Gasteiger charge is 2.02. The van der Waals surface area contributed by atoms with Gasteiger partial charge in [0.15, 0.2) is 6.61 Å². The summed E-state index contributed by atoms with van der Waals surface area (Å²) in [6.07, 6.45) is 3.05. The highest BCUT2D eigenvalue weighted by molar-refractivity contribution is 5.08. The molecule has 1 radical (unpaired) electrons. The fraction of sp³-hybridized carbons (Fsp3) is 0.167. The first-order chi connectivity index (χ1) is 5.34. The Labute approximate surface area is 62.3 Å². The molecule has 0 aromatic carbocycles. The monoisotopic (exact) mass is 152 g/mol. The molecular formula is C6H3FN3O. The lowest BCUT2D eigenvalue weighted by Gasteiger charge is -1.97. The van der Waals surface area contributed by atoms with E-state index < -0.39 is 5.82 Å². The largest absolute Gasteiger partial charge is 0.460 e. The summed E-state index contributed by atoms with van der Waals surface area (Å²) in [5, 5.41) is 8.07. The van der Waals surface area contributed by atoms with E-state index in [0.717, 1.165) is 6.20 Å². The normalized spacial score (nSPS) is 8.73. The molecular weight excluding hydrogens is 149 g/mol. The first-order valence-corrected chi connectivity index (χ1v) is 2.73. The summed E-state index contributed by atoms with van der Waals surface area (Å²) in [6, 6.07) is 1.68. The Kier molecular flexibility index (Phi) is 2.33. The second-order valence-electron chi connectivity index (χ2n) is 1.57. The maximum atomic E-state index is 12.5. The molecule has 1 rings (SSSR count). The third kappa shape index (κ3) is 1.86. The molecule has 1 heterocycles. The average Bonchev–Trinajstić information content (AvgIpc) is 2.03. The molecule has 0 N–H and O–H groups in total. The van der Waals surface area contributed by atoms with Crippen molar-refractivity contribution < 1.29 is 9.13 Å². The lowest BCUT2D eigenvalue weighted by molar-refractivity contribution is 0.329. The van der Waals surface area contributed by atoms with Crippen LogP contribution in [0.5, 0.6) is 5.88 Å². The van der Waals surface area contributed by atoms with E-state index in [4.69, 9.17) is 5.26 Å². The number of nitrogens with zero attached hydrogens (tertiary/aromatic N) is 3. The van der Waals surface area contributed by atoms with Gasteiger partial charge in [0.1, 0.15) is 6.07 Å². The van der Waals surface area contributed by atoms with E-state index in [-0.39, 0.29) is 12.5 Å². The Morgan fingerprint density at radius 1 is 1.82 bits per heavy atom. The maximum Gasteiger partial charge on any atom is 0.255 e. The fourth-order valence-electron chi connectivity index (χ4n) is 0.470. The topological polar surface area (TPSA) is 58.8 Å². The third-order valence-electron chi connectivity index (χ3n) is 0.865. The van der Waals surface area contributed by atoms with Crippen molar-refractivity contribution >= 4 is 0 Å². The zero-order chi connectivity index (χ0) is 8.10. The first-order valence-electron chi connectivity index (χ1n) is 2.73. The van der Waals surface area contributed by atoms with Crippen molar-refractivity contribution in [3.8, 4) is 11.9 Å². The SMILES string of the molecule is N#CCOc1n[c]ncc1F. The van der Waals surface area contributed by atoms with Gasteiger partial charge in [-0.2, -0.15) is 14.6 Å². The van der Waals surface area contributed by atoms with Crippen LogP contribution in [0.1, 0.15) is 0 Å². The van der Waals surface area contributed by atoms with Gasteiger partial charge in [0, 0.05) is 0 Å². The Bertz CT molecular complexity index is 283. The van der Waals surface area contributed by atoms with Gasteiger partial charge >= 0.3 is 0 Å². The standard InChI is InChI=1S/C6H3FN3O/c7-5-3-9-4-10-6(5)11-2-1-8/h3H,2H2. The van der Waals surface area contributed by atoms with Crippen molar-refractivity contribution in [1.29, 1.82) is 5.26 Å². The second kappa shape index (κ2) is 3.46. The Morgan fingerprint density at radius 2 is 2.64 bits per heavy atom. The van der Waals surface area contributed by atoms with Crippen LogP contribution in [-0.2, 0) is 0 Å². The summed E-state index contributed by atoms with van der Waals surface area (Å²) in [4.78, 5) is 6.61.